The van der Waals surface area contributed by atoms with E-state index >= 15 is 0 Å². The van der Waals surface area contributed by atoms with Gasteiger partial charge in [0.15, 0.2) is 11.9 Å². The van der Waals surface area contributed by atoms with Gasteiger partial charge in [0, 0.05) is 30.8 Å². The van der Waals surface area contributed by atoms with Gasteiger partial charge < -0.3 is 25.8 Å². The predicted octanol–water partition coefficient (Wildman–Crippen LogP) is 4.77. The number of carbonyl (C=O) groups is 2. The normalized spacial score (nSPS) is 15.0. The molecule has 1 atom stereocenters. The van der Waals surface area contributed by atoms with Gasteiger partial charge in [0.2, 0.25) is 0 Å². The highest BCUT2D eigenvalue weighted by atomic mass is 19.1. The third-order valence-electron chi connectivity index (χ3n) is 7.19. The predicted molar refractivity (Wildman–Crippen MR) is 156 cm³/mol. The van der Waals surface area contributed by atoms with Crippen LogP contribution in [0.25, 0.3) is 16.7 Å². The van der Waals surface area contributed by atoms with Crippen molar-refractivity contribution in [1.29, 1.82) is 0 Å². The molecule has 0 radical (unpaired) electrons. The third kappa shape index (κ3) is 6.41. The zero-order valence-electron chi connectivity index (χ0n) is 24.3. The summed E-state index contributed by atoms with van der Waals surface area (Å²) in [5, 5.41) is 17.8. The van der Waals surface area contributed by atoms with Crippen LogP contribution >= 0.6 is 0 Å². The fourth-order valence-electron chi connectivity index (χ4n) is 5.17. The van der Waals surface area contributed by atoms with E-state index in [0.29, 0.717) is 60.0 Å². The van der Waals surface area contributed by atoms with Crippen molar-refractivity contribution in [3.8, 4) is 5.69 Å². The fourth-order valence-corrected chi connectivity index (χ4v) is 5.17. The van der Waals surface area contributed by atoms with Gasteiger partial charge in [-0.05, 0) is 82.0 Å². The van der Waals surface area contributed by atoms with E-state index in [4.69, 9.17) is 15.6 Å². The molecule has 2 amide bonds. The van der Waals surface area contributed by atoms with Gasteiger partial charge in [0.25, 0.3) is 5.91 Å². The van der Waals surface area contributed by atoms with Crippen molar-refractivity contribution in [2.45, 2.75) is 58.2 Å². The maximum absolute atomic E-state index is 13.6. The second kappa shape index (κ2) is 11.6. The first-order valence-electron chi connectivity index (χ1n) is 13.8. The molecule has 43 heavy (non-hydrogen) atoms. The van der Waals surface area contributed by atoms with Crippen LogP contribution in [0.5, 0.6) is 0 Å². The number of aliphatic hydroxyl groups is 1. The molecular weight excluding hydrogens is 560 g/mol. The van der Waals surface area contributed by atoms with Crippen molar-refractivity contribution in [3.63, 3.8) is 0 Å². The molecule has 1 unspecified atom stereocenters. The van der Waals surface area contributed by atoms with Crippen LogP contribution in [-0.2, 0) is 9.53 Å². The highest BCUT2D eigenvalue weighted by Gasteiger charge is 2.31. The number of ether oxygens (including phenoxy) is 1. The summed E-state index contributed by atoms with van der Waals surface area (Å²) < 4.78 is 34.3. The van der Waals surface area contributed by atoms with Crippen LogP contribution in [0.3, 0.4) is 0 Å². The van der Waals surface area contributed by atoms with E-state index in [9.17, 15) is 23.5 Å². The largest absolute Gasteiger partial charge is 0.444 e. The van der Waals surface area contributed by atoms with Gasteiger partial charge in [-0.3, -0.25) is 4.79 Å². The van der Waals surface area contributed by atoms with E-state index < -0.39 is 29.2 Å². The number of nitrogens with two attached hydrogens (primary N) is 1. The molecule has 1 aliphatic heterocycles. The van der Waals surface area contributed by atoms with Crippen molar-refractivity contribution in [2.75, 3.05) is 24.1 Å². The minimum Gasteiger partial charge on any atom is -0.444 e. The number of nitrogens with zero attached hydrogens (tertiary/aromatic N) is 5. The number of aliphatic hydroxyl groups excluding tert-OH is 1. The number of rotatable bonds is 5. The maximum Gasteiger partial charge on any atom is 0.410 e. The average Bonchev–Trinajstić information content (AvgIpc) is 3.32. The summed E-state index contributed by atoms with van der Waals surface area (Å²) in [7, 11) is 0. The Morgan fingerprint density at radius 3 is 2.40 bits per heavy atom. The molecule has 13 heteroatoms. The monoisotopic (exact) mass is 593 g/mol. The summed E-state index contributed by atoms with van der Waals surface area (Å²) in [6, 6.07) is 7.48. The van der Waals surface area contributed by atoms with Crippen LogP contribution in [0.2, 0.25) is 0 Å². The van der Waals surface area contributed by atoms with E-state index in [1.165, 1.54) is 6.33 Å². The smallest absolute Gasteiger partial charge is 0.410 e. The lowest BCUT2D eigenvalue weighted by molar-refractivity contribution is -0.124. The summed E-state index contributed by atoms with van der Waals surface area (Å²) in [5.41, 5.74) is 9.15. The van der Waals surface area contributed by atoms with Gasteiger partial charge in [0.05, 0.1) is 11.4 Å². The standard InChI is InChI=1S/C30H33F2N7O4/c1-16-11-21(36-28(41)26(40)18-12-19(31)14-20(32)13-18)5-6-22(16)39-25-24(34-15-35-27(25)33)23(37-39)17-7-9-38(10-8-17)29(42)43-30(2,3)4/h5-6,11-15,17,26,40H,7-10H2,1-4H3,(H,36,41)(H2,33,34,35). The Morgan fingerprint density at radius 1 is 1.09 bits per heavy atom. The molecule has 0 saturated carbocycles. The van der Waals surface area contributed by atoms with Crippen molar-refractivity contribution in [1.82, 2.24) is 24.6 Å². The highest BCUT2D eigenvalue weighted by Crippen LogP contribution is 2.35. The number of nitrogen functional groups attached to an aromatic ring is 1. The average molecular weight is 594 g/mol. The Labute approximate surface area is 246 Å². The summed E-state index contributed by atoms with van der Waals surface area (Å²) in [5.74, 6) is -2.38. The summed E-state index contributed by atoms with van der Waals surface area (Å²) in [6.45, 7) is 8.34. The lowest BCUT2D eigenvalue weighted by Crippen LogP contribution is -2.41. The van der Waals surface area contributed by atoms with Crippen LogP contribution in [0.1, 0.15) is 62.5 Å². The van der Waals surface area contributed by atoms with Gasteiger partial charge in [-0.25, -0.2) is 28.2 Å². The number of hydrogen-bond acceptors (Lipinski definition) is 8. The van der Waals surface area contributed by atoms with Crippen molar-refractivity contribution < 1.29 is 28.2 Å². The quantitative estimate of drug-likeness (QED) is 0.300. The molecule has 3 heterocycles. The Hall–Kier alpha value is -4.65. The molecule has 2 aromatic carbocycles. The number of halogens is 2. The molecule has 5 rings (SSSR count). The Bertz CT molecular complexity index is 1670. The van der Waals surface area contributed by atoms with Crippen LogP contribution < -0.4 is 11.1 Å². The van der Waals surface area contributed by atoms with Crippen LogP contribution in [0.4, 0.5) is 25.1 Å². The van der Waals surface area contributed by atoms with E-state index in [0.717, 1.165) is 17.8 Å². The molecule has 4 aromatic rings. The molecule has 11 nitrogen and oxygen atoms in total. The number of benzene rings is 2. The number of anilines is 2. The Balaban J connectivity index is 1.38. The molecule has 4 N–H and O–H groups in total. The molecule has 1 fully saturated rings. The van der Waals surface area contributed by atoms with E-state index in [1.54, 1.807) is 27.8 Å². The zero-order chi connectivity index (χ0) is 31.1. The number of piperidine rings is 1. The molecule has 1 saturated heterocycles. The molecule has 0 spiro atoms. The molecular formula is C30H33F2N7O4. The Morgan fingerprint density at radius 2 is 1.77 bits per heavy atom. The number of carbonyl (C=O) groups excluding carboxylic acids is 2. The van der Waals surface area contributed by atoms with Gasteiger partial charge in [-0.15, -0.1) is 0 Å². The van der Waals surface area contributed by atoms with E-state index in [1.807, 2.05) is 27.7 Å². The minimum atomic E-state index is -1.78. The molecule has 0 bridgehead atoms. The number of fused-ring (bicyclic) bond motifs is 1. The first-order valence-corrected chi connectivity index (χ1v) is 13.8. The van der Waals surface area contributed by atoms with Gasteiger partial charge >= 0.3 is 6.09 Å². The number of amides is 2. The maximum atomic E-state index is 13.6. The molecule has 1 aliphatic rings. The third-order valence-corrected chi connectivity index (χ3v) is 7.19. The first-order chi connectivity index (χ1) is 20.3. The number of likely N-dealkylation sites (tertiary alicyclic amines) is 1. The molecule has 0 aliphatic carbocycles. The summed E-state index contributed by atoms with van der Waals surface area (Å²) in [6.07, 6.45) is 0.602. The minimum absolute atomic E-state index is 0.0183. The summed E-state index contributed by atoms with van der Waals surface area (Å²) >= 11 is 0. The van der Waals surface area contributed by atoms with Crippen LogP contribution in [0.15, 0.2) is 42.7 Å². The van der Waals surface area contributed by atoms with Crippen molar-refractivity contribution >= 4 is 34.5 Å². The number of hydrogen-bond donors (Lipinski definition) is 3. The number of aromatic nitrogens is 4. The molecule has 2 aromatic heterocycles. The lowest BCUT2D eigenvalue weighted by Gasteiger charge is -2.32. The lowest BCUT2D eigenvalue weighted by atomic mass is 9.93. The Kier molecular flexibility index (Phi) is 8.02. The highest BCUT2D eigenvalue weighted by molar-refractivity contribution is 5.95. The van der Waals surface area contributed by atoms with Crippen LogP contribution in [0, 0.1) is 18.6 Å². The van der Waals surface area contributed by atoms with Crippen molar-refractivity contribution in [3.05, 3.63) is 71.2 Å². The number of nitrogens with one attached hydrogen (secondary N) is 1. The SMILES string of the molecule is Cc1cc(NC(=O)C(O)c2cc(F)cc(F)c2)ccc1-n1nc(C2CCN(C(=O)OC(C)(C)C)CC2)c2ncnc(N)c21. The zero-order valence-corrected chi connectivity index (χ0v) is 24.3. The van der Waals surface area contributed by atoms with E-state index in [2.05, 4.69) is 15.3 Å². The van der Waals surface area contributed by atoms with E-state index in [-0.39, 0.29) is 23.4 Å². The van der Waals surface area contributed by atoms with Crippen LogP contribution in [-0.4, -0.2) is 60.4 Å². The van der Waals surface area contributed by atoms with Gasteiger partial charge in [-0.1, -0.05) is 0 Å². The van der Waals surface area contributed by atoms with Gasteiger partial charge in [-0.2, -0.15) is 5.10 Å². The molecule has 226 valence electrons. The topological polar surface area (TPSA) is 148 Å². The number of aryl methyl sites for hydroxylation is 1. The second-order valence-electron chi connectivity index (χ2n) is 11.6. The summed E-state index contributed by atoms with van der Waals surface area (Å²) in [4.78, 5) is 35.6. The van der Waals surface area contributed by atoms with Gasteiger partial charge in [0.1, 0.15) is 34.6 Å². The second-order valence-corrected chi connectivity index (χ2v) is 11.6. The first kappa shape index (κ1) is 29.8. The van der Waals surface area contributed by atoms with Crippen molar-refractivity contribution in [2.24, 2.45) is 0 Å². The fraction of sp³-hybridized carbons (Fsp3) is 0.367.